The van der Waals surface area contributed by atoms with Crippen LogP contribution in [0.5, 0.6) is 0 Å². The van der Waals surface area contributed by atoms with E-state index in [1.807, 2.05) is 53.4 Å². The maximum atomic E-state index is 12.4. The molecule has 25 heavy (non-hydrogen) atoms. The summed E-state index contributed by atoms with van der Waals surface area (Å²) in [6.45, 7) is 3.09. The highest BCUT2D eigenvalue weighted by molar-refractivity contribution is 5.97. The Kier molecular flexibility index (Phi) is 5.14. The van der Waals surface area contributed by atoms with Crippen LogP contribution in [0.4, 0.5) is 11.4 Å². The Morgan fingerprint density at radius 1 is 1.08 bits per heavy atom. The molecule has 0 bridgehead atoms. The van der Waals surface area contributed by atoms with Gasteiger partial charge in [-0.2, -0.15) is 0 Å². The predicted molar refractivity (Wildman–Crippen MR) is 99.6 cm³/mol. The number of nitrogens with zero attached hydrogens (tertiary/aromatic N) is 2. The van der Waals surface area contributed by atoms with Crippen molar-refractivity contribution in [2.75, 3.05) is 30.4 Å². The fourth-order valence-corrected chi connectivity index (χ4v) is 3.04. The molecule has 5 heteroatoms. The molecule has 0 unspecified atom stereocenters. The Hall–Kier alpha value is -2.66. The lowest BCUT2D eigenvalue weighted by molar-refractivity contribution is -0.121. The second-order valence-electron chi connectivity index (χ2n) is 6.33. The van der Waals surface area contributed by atoms with Crippen molar-refractivity contribution in [1.29, 1.82) is 0 Å². The van der Waals surface area contributed by atoms with Crippen LogP contribution in [0, 0.1) is 0 Å². The van der Waals surface area contributed by atoms with E-state index >= 15 is 0 Å². The van der Waals surface area contributed by atoms with Gasteiger partial charge in [0, 0.05) is 25.0 Å². The third-order valence-electron chi connectivity index (χ3n) is 4.49. The van der Waals surface area contributed by atoms with E-state index < -0.39 is 0 Å². The van der Waals surface area contributed by atoms with Gasteiger partial charge in [0.25, 0.3) is 0 Å². The number of aryl methyl sites for hydroxylation is 1. The molecule has 0 aliphatic carbocycles. The number of para-hydroxylation sites is 1. The first-order valence-corrected chi connectivity index (χ1v) is 8.52. The summed E-state index contributed by atoms with van der Waals surface area (Å²) in [4.78, 5) is 28.3. The summed E-state index contributed by atoms with van der Waals surface area (Å²) in [6.07, 6.45) is 0.969. The normalized spacial score (nSPS) is 14.8. The third kappa shape index (κ3) is 4.06. The first-order valence-electron chi connectivity index (χ1n) is 8.52. The van der Waals surface area contributed by atoms with Gasteiger partial charge in [-0.25, -0.2) is 0 Å². The van der Waals surface area contributed by atoms with E-state index in [-0.39, 0.29) is 24.9 Å². The second kappa shape index (κ2) is 7.49. The second-order valence-corrected chi connectivity index (χ2v) is 6.33. The van der Waals surface area contributed by atoms with E-state index in [9.17, 15) is 9.59 Å². The van der Waals surface area contributed by atoms with Crippen LogP contribution in [-0.2, 0) is 22.6 Å². The lowest BCUT2D eigenvalue weighted by Crippen LogP contribution is -2.39. The summed E-state index contributed by atoms with van der Waals surface area (Å²) in [5.41, 5.74) is 3.97. The van der Waals surface area contributed by atoms with Crippen LogP contribution < -0.4 is 10.2 Å². The highest BCUT2D eigenvalue weighted by Gasteiger charge is 2.24. The summed E-state index contributed by atoms with van der Waals surface area (Å²) < 4.78 is 0. The van der Waals surface area contributed by atoms with Crippen molar-refractivity contribution < 1.29 is 9.59 Å². The molecular formula is C20H23N3O2. The van der Waals surface area contributed by atoms with Crippen LogP contribution in [0.1, 0.15) is 18.1 Å². The minimum atomic E-state index is -0.112. The van der Waals surface area contributed by atoms with Gasteiger partial charge in [0.2, 0.25) is 11.8 Å². The van der Waals surface area contributed by atoms with E-state index in [4.69, 9.17) is 0 Å². The van der Waals surface area contributed by atoms with Gasteiger partial charge in [0.05, 0.1) is 13.1 Å². The van der Waals surface area contributed by atoms with Crippen LogP contribution in [0.15, 0.2) is 48.5 Å². The first-order chi connectivity index (χ1) is 12.1. The van der Waals surface area contributed by atoms with E-state index in [0.717, 1.165) is 23.4 Å². The molecule has 2 aromatic carbocycles. The van der Waals surface area contributed by atoms with Gasteiger partial charge in [-0.05, 0) is 35.7 Å². The molecule has 2 aromatic rings. The number of anilines is 2. The van der Waals surface area contributed by atoms with Crippen molar-refractivity contribution in [3.63, 3.8) is 0 Å². The van der Waals surface area contributed by atoms with Gasteiger partial charge >= 0.3 is 0 Å². The third-order valence-corrected chi connectivity index (χ3v) is 4.49. The highest BCUT2D eigenvalue weighted by atomic mass is 16.2. The van der Waals surface area contributed by atoms with Crippen molar-refractivity contribution in [2.24, 2.45) is 0 Å². The zero-order valence-corrected chi connectivity index (χ0v) is 14.7. The van der Waals surface area contributed by atoms with Crippen molar-refractivity contribution in [3.8, 4) is 0 Å². The van der Waals surface area contributed by atoms with Gasteiger partial charge in [0.1, 0.15) is 0 Å². The monoisotopic (exact) mass is 337 g/mol. The Labute approximate surface area is 148 Å². The standard InChI is InChI=1S/C20H23N3O2/c1-3-15-8-10-17(11-9-15)21-19(24)13-23-12-16-6-4-5-7-18(16)22(2)20(25)14-23/h4-11H,3,12-14H2,1-2H3,(H,21,24). The van der Waals surface area contributed by atoms with Crippen LogP contribution in [-0.4, -0.2) is 36.9 Å². The summed E-state index contributed by atoms with van der Waals surface area (Å²) in [7, 11) is 1.78. The van der Waals surface area contributed by atoms with Crippen molar-refractivity contribution in [1.82, 2.24) is 4.90 Å². The Morgan fingerprint density at radius 2 is 1.80 bits per heavy atom. The Morgan fingerprint density at radius 3 is 2.52 bits per heavy atom. The van der Waals surface area contributed by atoms with Gasteiger partial charge in [0.15, 0.2) is 0 Å². The van der Waals surface area contributed by atoms with Gasteiger partial charge in [-0.15, -0.1) is 0 Å². The van der Waals surface area contributed by atoms with Crippen molar-refractivity contribution >= 4 is 23.2 Å². The average molecular weight is 337 g/mol. The van der Waals surface area contributed by atoms with E-state index in [0.29, 0.717) is 6.54 Å². The zero-order chi connectivity index (χ0) is 17.8. The van der Waals surface area contributed by atoms with Crippen LogP contribution in [0.3, 0.4) is 0 Å². The van der Waals surface area contributed by atoms with Crippen molar-refractivity contribution in [3.05, 3.63) is 59.7 Å². The van der Waals surface area contributed by atoms with E-state index in [2.05, 4.69) is 12.2 Å². The number of likely N-dealkylation sites (N-methyl/N-ethyl adjacent to an activating group) is 1. The number of hydrogen-bond donors (Lipinski definition) is 1. The quantitative estimate of drug-likeness (QED) is 0.933. The highest BCUT2D eigenvalue weighted by Crippen LogP contribution is 2.24. The Bertz CT molecular complexity index is 771. The zero-order valence-electron chi connectivity index (χ0n) is 14.7. The maximum absolute atomic E-state index is 12.4. The number of carbonyl (C=O) groups is 2. The summed E-state index contributed by atoms with van der Waals surface area (Å²) >= 11 is 0. The Balaban J connectivity index is 1.67. The molecular weight excluding hydrogens is 314 g/mol. The van der Waals surface area contributed by atoms with Crippen molar-refractivity contribution in [2.45, 2.75) is 19.9 Å². The molecule has 3 rings (SSSR count). The molecule has 0 radical (unpaired) electrons. The fourth-order valence-electron chi connectivity index (χ4n) is 3.04. The molecule has 0 fully saturated rings. The summed E-state index contributed by atoms with van der Waals surface area (Å²) in [6, 6.07) is 15.7. The van der Waals surface area contributed by atoms with Crippen LogP contribution in [0.25, 0.3) is 0 Å². The molecule has 0 aromatic heterocycles. The molecule has 1 N–H and O–H groups in total. The maximum Gasteiger partial charge on any atom is 0.240 e. The lowest BCUT2D eigenvalue weighted by atomic mass is 10.1. The largest absolute Gasteiger partial charge is 0.325 e. The molecule has 1 aliphatic rings. The number of benzene rings is 2. The number of carbonyl (C=O) groups excluding carboxylic acids is 2. The van der Waals surface area contributed by atoms with E-state index in [1.54, 1.807) is 11.9 Å². The number of rotatable bonds is 4. The van der Waals surface area contributed by atoms with E-state index in [1.165, 1.54) is 5.56 Å². The molecule has 1 heterocycles. The lowest BCUT2D eigenvalue weighted by Gasteiger charge is -2.19. The fraction of sp³-hybridized carbons (Fsp3) is 0.300. The summed E-state index contributed by atoms with van der Waals surface area (Å²) in [5.74, 6) is -0.121. The molecule has 0 atom stereocenters. The molecule has 130 valence electrons. The molecule has 0 saturated heterocycles. The molecule has 1 aliphatic heterocycles. The van der Waals surface area contributed by atoms with Crippen LogP contribution >= 0.6 is 0 Å². The van der Waals surface area contributed by atoms with Gasteiger partial charge in [-0.1, -0.05) is 37.3 Å². The number of nitrogens with one attached hydrogen (secondary N) is 1. The molecule has 0 spiro atoms. The number of hydrogen-bond acceptors (Lipinski definition) is 3. The topological polar surface area (TPSA) is 52.7 Å². The first kappa shape index (κ1) is 17.2. The molecule has 0 saturated carbocycles. The minimum absolute atomic E-state index is 0.00921. The minimum Gasteiger partial charge on any atom is -0.325 e. The van der Waals surface area contributed by atoms with Crippen LogP contribution in [0.2, 0.25) is 0 Å². The smallest absolute Gasteiger partial charge is 0.240 e. The number of amides is 2. The SMILES string of the molecule is CCc1ccc(NC(=O)CN2CC(=O)N(C)c3ccccc3C2)cc1. The average Bonchev–Trinajstić information content (AvgIpc) is 2.72. The number of fused-ring (bicyclic) bond motifs is 1. The predicted octanol–water partition coefficient (Wildman–Crippen LogP) is 2.67. The molecule has 5 nitrogen and oxygen atoms in total. The molecule has 2 amide bonds. The van der Waals surface area contributed by atoms with Gasteiger partial charge < -0.3 is 10.2 Å². The van der Waals surface area contributed by atoms with Gasteiger partial charge in [-0.3, -0.25) is 14.5 Å². The summed E-state index contributed by atoms with van der Waals surface area (Å²) in [5, 5.41) is 2.91.